The first-order valence-corrected chi connectivity index (χ1v) is 9.09. The van der Waals surface area contributed by atoms with E-state index in [4.69, 9.17) is 0 Å². The minimum atomic E-state index is -0.108. The fraction of sp³-hybridized carbons (Fsp3) is 0.364. The molecule has 1 aliphatic heterocycles. The fourth-order valence-corrected chi connectivity index (χ4v) is 3.37. The van der Waals surface area contributed by atoms with Gasteiger partial charge in [-0.15, -0.1) is 0 Å². The van der Waals surface area contributed by atoms with Gasteiger partial charge >= 0.3 is 0 Å². The lowest BCUT2D eigenvalue weighted by Gasteiger charge is -2.30. The predicted molar refractivity (Wildman–Crippen MR) is 101 cm³/mol. The molecule has 0 bridgehead atoms. The molecule has 0 spiro atoms. The second-order valence-electron chi connectivity index (χ2n) is 6.91. The van der Waals surface area contributed by atoms with Gasteiger partial charge in [0.15, 0.2) is 0 Å². The molecular formula is C22H25NO2. The molecule has 0 aromatic heterocycles. The monoisotopic (exact) mass is 335 g/mol. The molecule has 130 valence electrons. The third-order valence-electron chi connectivity index (χ3n) is 4.90. The van der Waals surface area contributed by atoms with Crippen LogP contribution in [0.15, 0.2) is 48.5 Å². The molecule has 25 heavy (non-hydrogen) atoms. The van der Waals surface area contributed by atoms with Crippen LogP contribution >= 0.6 is 0 Å². The van der Waals surface area contributed by atoms with Crippen molar-refractivity contribution < 1.29 is 9.59 Å². The highest BCUT2D eigenvalue weighted by molar-refractivity contribution is 6.17. The Kier molecular flexibility index (Phi) is 5.32. The van der Waals surface area contributed by atoms with Crippen molar-refractivity contribution in [3.8, 4) is 0 Å². The van der Waals surface area contributed by atoms with Crippen LogP contribution in [0.1, 0.15) is 55.2 Å². The number of aryl methyl sites for hydroxylation is 2. The summed E-state index contributed by atoms with van der Waals surface area (Å²) >= 11 is 0. The first-order valence-electron chi connectivity index (χ1n) is 9.09. The van der Waals surface area contributed by atoms with Crippen molar-refractivity contribution in [3.63, 3.8) is 0 Å². The highest BCUT2D eigenvalue weighted by atomic mass is 16.2. The van der Waals surface area contributed by atoms with E-state index in [9.17, 15) is 9.59 Å². The zero-order chi connectivity index (χ0) is 17.8. The molecule has 0 radical (unpaired) electrons. The highest BCUT2D eigenvalue weighted by Crippen LogP contribution is 2.32. The topological polar surface area (TPSA) is 37.4 Å². The Bertz CT molecular complexity index is 729. The molecule has 1 fully saturated rings. The maximum absolute atomic E-state index is 12.6. The third kappa shape index (κ3) is 3.98. The summed E-state index contributed by atoms with van der Waals surface area (Å²) in [7, 11) is 0. The van der Waals surface area contributed by atoms with E-state index in [2.05, 4.69) is 6.92 Å². The van der Waals surface area contributed by atoms with Gasteiger partial charge < -0.3 is 0 Å². The Morgan fingerprint density at radius 2 is 1.52 bits per heavy atom. The summed E-state index contributed by atoms with van der Waals surface area (Å²) in [5.41, 5.74) is 4.20. The number of hydrogen-bond donors (Lipinski definition) is 0. The van der Waals surface area contributed by atoms with Gasteiger partial charge in [-0.1, -0.05) is 55.3 Å². The third-order valence-corrected chi connectivity index (χ3v) is 4.90. The second-order valence-corrected chi connectivity index (χ2v) is 6.91. The number of carbonyl (C=O) groups excluding carboxylic acids is 2. The number of carbonyl (C=O) groups is 2. The zero-order valence-electron chi connectivity index (χ0n) is 15.0. The van der Waals surface area contributed by atoms with Crippen LogP contribution in [0.25, 0.3) is 0 Å². The Balaban J connectivity index is 1.73. The minimum absolute atomic E-state index is 0.0133. The van der Waals surface area contributed by atoms with Crippen molar-refractivity contribution in [1.82, 2.24) is 0 Å². The van der Waals surface area contributed by atoms with Gasteiger partial charge in [-0.2, -0.15) is 0 Å². The summed E-state index contributed by atoms with van der Waals surface area (Å²) in [5.74, 6) is -0.230. The van der Waals surface area contributed by atoms with Crippen molar-refractivity contribution >= 4 is 17.5 Å². The summed E-state index contributed by atoms with van der Waals surface area (Å²) in [6.45, 7) is 4.21. The molecule has 0 atom stereocenters. The summed E-state index contributed by atoms with van der Waals surface area (Å²) in [6.07, 6.45) is 4.11. The van der Waals surface area contributed by atoms with Crippen LogP contribution < -0.4 is 4.90 Å². The van der Waals surface area contributed by atoms with E-state index in [-0.39, 0.29) is 17.7 Å². The van der Waals surface area contributed by atoms with Crippen molar-refractivity contribution in [1.29, 1.82) is 0 Å². The van der Waals surface area contributed by atoms with Gasteiger partial charge in [0.2, 0.25) is 11.8 Å². The summed E-state index contributed by atoms with van der Waals surface area (Å²) in [4.78, 5) is 26.6. The Morgan fingerprint density at radius 1 is 0.920 bits per heavy atom. The van der Waals surface area contributed by atoms with Crippen LogP contribution in [0, 0.1) is 6.92 Å². The molecule has 3 rings (SSSR count). The SMILES string of the molecule is CCCCc1ccc(N2C(=O)CC(c3ccc(C)cc3)CC2=O)cc1. The van der Waals surface area contributed by atoms with E-state index < -0.39 is 0 Å². The first-order chi connectivity index (χ1) is 12.1. The highest BCUT2D eigenvalue weighted by Gasteiger charge is 2.34. The minimum Gasteiger partial charge on any atom is -0.274 e. The van der Waals surface area contributed by atoms with Gasteiger partial charge in [-0.3, -0.25) is 14.5 Å². The van der Waals surface area contributed by atoms with E-state index in [0.29, 0.717) is 18.5 Å². The number of hydrogen-bond acceptors (Lipinski definition) is 2. The lowest BCUT2D eigenvalue weighted by Crippen LogP contribution is -2.42. The quantitative estimate of drug-likeness (QED) is 0.738. The number of nitrogens with zero attached hydrogens (tertiary/aromatic N) is 1. The van der Waals surface area contributed by atoms with Crippen LogP contribution in [-0.4, -0.2) is 11.8 Å². The van der Waals surface area contributed by atoms with Gasteiger partial charge in [0.1, 0.15) is 0 Å². The largest absolute Gasteiger partial charge is 0.274 e. The van der Waals surface area contributed by atoms with Crippen LogP contribution in [0.5, 0.6) is 0 Å². The number of amides is 2. The smallest absolute Gasteiger partial charge is 0.234 e. The standard InChI is InChI=1S/C22H25NO2/c1-3-4-5-17-8-12-20(13-9-17)23-21(24)14-19(15-22(23)25)18-10-6-16(2)7-11-18/h6-13,19H,3-5,14-15H2,1-2H3. The molecule has 2 amide bonds. The molecular weight excluding hydrogens is 310 g/mol. The van der Waals surface area contributed by atoms with Crippen LogP contribution in [0.4, 0.5) is 5.69 Å². The fourth-order valence-electron chi connectivity index (χ4n) is 3.37. The maximum Gasteiger partial charge on any atom is 0.234 e. The van der Waals surface area contributed by atoms with E-state index in [1.807, 2.05) is 55.5 Å². The number of rotatable bonds is 5. The molecule has 0 N–H and O–H groups in total. The van der Waals surface area contributed by atoms with E-state index in [0.717, 1.165) is 24.8 Å². The molecule has 2 aromatic rings. The predicted octanol–water partition coefficient (Wildman–Crippen LogP) is 4.77. The van der Waals surface area contributed by atoms with Gasteiger partial charge in [0.25, 0.3) is 0 Å². The van der Waals surface area contributed by atoms with Crippen molar-refractivity contribution in [2.45, 2.75) is 51.9 Å². The Morgan fingerprint density at radius 3 is 2.08 bits per heavy atom. The van der Waals surface area contributed by atoms with Gasteiger partial charge in [0, 0.05) is 18.8 Å². The van der Waals surface area contributed by atoms with E-state index in [1.165, 1.54) is 16.0 Å². The number of imide groups is 1. The van der Waals surface area contributed by atoms with Crippen LogP contribution in [0.2, 0.25) is 0 Å². The van der Waals surface area contributed by atoms with Crippen molar-refractivity contribution in [2.75, 3.05) is 4.90 Å². The summed E-state index contributed by atoms with van der Waals surface area (Å²) in [6, 6.07) is 16.0. The van der Waals surface area contributed by atoms with Gasteiger partial charge in [0.05, 0.1) is 5.69 Å². The number of benzene rings is 2. The average molecular weight is 335 g/mol. The lowest BCUT2D eigenvalue weighted by molar-refractivity contribution is -0.129. The normalized spacial score (nSPS) is 15.7. The maximum atomic E-state index is 12.6. The van der Waals surface area contributed by atoms with Crippen molar-refractivity contribution in [3.05, 3.63) is 65.2 Å². The average Bonchev–Trinajstić information content (AvgIpc) is 2.61. The second kappa shape index (κ2) is 7.64. The molecule has 0 unspecified atom stereocenters. The number of piperidine rings is 1. The van der Waals surface area contributed by atoms with Gasteiger partial charge in [-0.05, 0) is 43.0 Å². The molecule has 0 aliphatic carbocycles. The molecule has 3 nitrogen and oxygen atoms in total. The number of anilines is 1. The first kappa shape index (κ1) is 17.4. The summed E-state index contributed by atoms with van der Waals surface area (Å²) in [5, 5.41) is 0. The molecule has 1 saturated heterocycles. The Hall–Kier alpha value is -2.42. The van der Waals surface area contributed by atoms with Crippen molar-refractivity contribution in [2.24, 2.45) is 0 Å². The van der Waals surface area contributed by atoms with Crippen LogP contribution in [0.3, 0.4) is 0 Å². The zero-order valence-corrected chi connectivity index (χ0v) is 15.0. The lowest BCUT2D eigenvalue weighted by atomic mass is 9.88. The molecule has 0 saturated carbocycles. The summed E-state index contributed by atoms with van der Waals surface area (Å²) < 4.78 is 0. The molecule has 1 aliphatic rings. The van der Waals surface area contributed by atoms with E-state index in [1.54, 1.807) is 0 Å². The van der Waals surface area contributed by atoms with E-state index >= 15 is 0 Å². The van der Waals surface area contributed by atoms with Gasteiger partial charge in [-0.25, -0.2) is 0 Å². The number of unbranched alkanes of at least 4 members (excludes halogenated alkanes) is 1. The Labute approximate surface area is 149 Å². The molecule has 3 heteroatoms. The van der Waals surface area contributed by atoms with Crippen LogP contribution in [-0.2, 0) is 16.0 Å². The molecule has 1 heterocycles. The molecule has 2 aromatic carbocycles.